The number of piperidine rings is 1. The first-order valence-corrected chi connectivity index (χ1v) is 7.86. The Morgan fingerprint density at radius 1 is 1.37 bits per heavy atom. The van der Waals surface area contributed by atoms with Crippen molar-refractivity contribution in [3.05, 3.63) is 34.9 Å². The lowest BCUT2D eigenvalue weighted by atomic mass is 10.0. The lowest BCUT2D eigenvalue weighted by Crippen LogP contribution is -2.45. The zero-order valence-electron chi connectivity index (χ0n) is 11.9. The Balaban J connectivity index is 1.91. The standard InChI is InChI=1S/C16H25ClN2/c1-2-9-18-12-16-8-3-4-10-19(16)13-14-6-5-7-15(17)11-14/h5-7,11,16,18H,2-4,8-10,12-13H2,1H3. The Hall–Kier alpha value is -0.570. The van der Waals surface area contributed by atoms with Crippen LogP contribution in [0.5, 0.6) is 0 Å². The van der Waals surface area contributed by atoms with Gasteiger partial charge in [0.1, 0.15) is 0 Å². The largest absolute Gasteiger partial charge is 0.315 e. The van der Waals surface area contributed by atoms with Crippen LogP contribution in [0.25, 0.3) is 0 Å². The van der Waals surface area contributed by atoms with E-state index in [1.807, 2.05) is 12.1 Å². The fraction of sp³-hybridized carbons (Fsp3) is 0.625. The zero-order chi connectivity index (χ0) is 13.5. The molecule has 0 radical (unpaired) electrons. The van der Waals surface area contributed by atoms with Gasteiger partial charge in [0.05, 0.1) is 0 Å². The van der Waals surface area contributed by atoms with Crippen LogP contribution in [0.15, 0.2) is 24.3 Å². The minimum Gasteiger partial charge on any atom is -0.315 e. The van der Waals surface area contributed by atoms with E-state index in [1.165, 1.54) is 37.8 Å². The summed E-state index contributed by atoms with van der Waals surface area (Å²) in [6.07, 6.45) is 5.22. The first-order valence-electron chi connectivity index (χ1n) is 7.49. The molecule has 0 bridgehead atoms. The second-order valence-electron chi connectivity index (χ2n) is 5.45. The van der Waals surface area contributed by atoms with Crippen molar-refractivity contribution in [2.45, 2.75) is 45.2 Å². The summed E-state index contributed by atoms with van der Waals surface area (Å²) < 4.78 is 0. The average molecular weight is 281 g/mol. The third-order valence-electron chi connectivity index (χ3n) is 3.83. The van der Waals surface area contributed by atoms with Crippen molar-refractivity contribution in [1.29, 1.82) is 0 Å². The van der Waals surface area contributed by atoms with E-state index in [0.717, 1.165) is 24.7 Å². The predicted octanol–water partition coefficient (Wildman–Crippen LogP) is 3.69. The number of nitrogens with one attached hydrogen (secondary N) is 1. The highest BCUT2D eigenvalue weighted by atomic mass is 35.5. The molecule has 1 N–H and O–H groups in total. The number of benzene rings is 1. The number of halogens is 1. The molecule has 1 fully saturated rings. The van der Waals surface area contributed by atoms with E-state index in [-0.39, 0.29) is 0 Å². The van der Waals surface area contributed by atoms with E-state index in [9.17, 15) is 0 Å². The van der Waals surface area contributed by atoms with Gasteiger partial charge in [-0.2, -0.15) is 0 Å². The zero-order valence-corrected chi connectivity index (χ0v) is 12.6. The minimum absolute atomic E-state index is 0.680. The van der Waals surface area contributed by atoms with E-state index >= 15 is 0 Å². The van der Waals surface area contributed by atoms with Crippen LogP contribution in [0.2, 0.25) is 5.02 Å². The van der Waals surface area contributed by atoms with Crippen LogP contribution >= 0.6 is 11.6 Å². The van der Waals surface area contributed by atoms with Crippen LogP contribution in [-0.2, 0) is 6.54 Å². The molecular formula is C16H25ClN2. The molecule has 1 aromatic rings. The molecule has 0 spiro atoms. The number of rotatable bonds is 6. The van der Waals surface area contributed by atoms with E-state index in [1.54, 1.807) is 0 Å². The fourth-order valence-corrected chi connectivity index (χ4v) is 3.03. The van der Waals surface area contributed by atoms with Gasteiger partial charge in [-0.25, -0.2) is 0 Å². The van der Waals surface area contributed by atoms with Crippen LogP contribution in [0.3, 0.4) is 0 Å². The van der Waals surface area contributed by atoms with Gasteiger partial charge in [0.25, 0.3) is 0 Å². The average Bonchev–Trinajstić information content (AvgIpc) is 2.41. The number of likely N-dealkylation sites (tertiary alicyclic amines) is 1. The minimum atomic E-state index is 0.680. The second kappa shape index (κ2) is 7.88. The summed E-state index contributed by atoms with van der Waals surface area (Å²) in [5.74, 6) is 0. The van der Waals surface area contributed by atoms with E-state index in [2.05, 4.69) is 29.3 Å². The van der Waals surface area contributed by atoms with Gasteiger partial charge in [0.15, 0.2) is 0 Å². The first-order chi connectivity index (χ1) is 9.29. The lowest BCUT2D eigenvalue weighted by Gasteiger charge is -2.36. The van der Waals surface area contributed by atoms with E-state index in [0.29, 0.717) is 6.04 Å². The molecule has 1 aromatic carbocycles. The quantitative estimate of drug-likeness (QED) is 0.800. The molecule has 2 nitrogen and oxygen atoms in total. The van der Waals surface area contributed by atoms with Crippen LogP contribution in [0, 0.1) is 0 Å². The normalized spacial score (nSPS) is 20.6. The van der Waals surface area contributed by atoms with Gasteiger partial charge >= 0.3 is 0 Å². The molecular weight excluding hydrogens is 256 g/mol. The van der Waals surface area contributed by atoms with Crippen LogP contribution < -0.4 is 5.32 Å². The number of nitrogens with zero attached hydrogens (tertiary/aromatic N) is 1. The Labute approximate surface area is 122 Å². The van der Waals surface area contributed by atoms with E-state index < -0.39 is 0 Å². The molecule has 2 rings (SSSR count). The smallest absolute Gasteiger partial charge is 0.0409 e. The van der Waals surface area contributed by atoms with Crippen molar-refractivity contribution >= 4 is 11.6 Å². The Morgan fingerprint density at radius 3 is 3.05 bits per heavy atom. The highest BCUT2D eigenvalue weighted by Crippen LogP contribution is 2.20. The highest BCUT2D eigenvalue weighted by molar-refractivity contribution is 6.30. The second-order valence-corrected chi connectivity index (χ2v) is 5.89. The molecule has 106 valence electrons. The lowest BCUT2D eigenvalue weighted by molar-refractivity contribution is 0.137. The fourth-order valence-electron chi connectivity index (χ4n) is 2.81. The molecule has 1 aliphatic heterocycles. The van der Waals surface area contributed by atoms with Crippen molar-refractivity contribution in [3.63, 3.8) is 0 Å². The molecule has 0 saturated carbocycles. The summed E-state index contributed by atoms with van der Waals surface area (Å²) in [6, 6.07) is 8.94. The topological polar surface area (TPSA) is 15.3 Å². The molecule has 1 atom stereocenters. The van der Waals surface area contributed by atoms with Gasteiger partial charge in [0.2, 0.25) is 0 Å². The maximum Gasteiger partial charge on any atom is 0.0409 e. The molecule has 1 aliphatic rings. The molecule has 0 aliphatic carbocycles. The molecule has 19 heavy (non-hydrogen) atoms. The summed E-state index contributed by atoms with van der Waals surface area (Å²) in [6.45, 7) is 6.71. The monoisotopic (exact) mass is 280 g/mol. The van der Waals surface area contributed by atoms with Crippen molar-refractivity contribution in [2.24, 2.45) is 0 Å². The van der Waals surface area contributed by atoms with Crippen molar-refractivity contribution < 1.29 is 0 Å². The highest BCUT2D eigenvalue weighted by Gasteiger charge is 2.21. The Kier molecular flexibility index (Phi) is 6.15. The van der Waals surface area contributed by atoms with Crippen LogP contribution in [0.1, 0.15) is 38.2 Å². The van der Waals surface area contributed by atoms with Crippen molar-refractivity contribution in [3.8, 4) is 0 Å². The van der Waals surface area contributed by atoms with Gasteiger partial charge in [-0.3, -0.25) is 4.90 Å². The van der Waals surface area contributed by atoms with Crippen LogP contribution in [0.4, 0.5) is 0 Å². The van der Waals surface area contributed by atoms with E-state index in [4.69, 9.17) is 11.6 Å². The van der Waals surface area contributed by atoms with Gasteiger partial charge < -0.3 is 5.32 Å². The third-order valence-corrected chi connectivity index (χ3v) is 4.07. The summed E-state index contributed by atoms with van der Waals surface area (Å²) in [5, 5.41) is 4.41. The predicted molar refractivity (Wildman–Crippen MR) is 82.7 cm³/mol. The van der Waals surface area contributed by atoms with Gasteiger partial charge in [0, 0.05) is 24.2 Å². The van der Waals surface area contributed by atoms with Crippen LogP contribution in [-0.4, -0.2) is 30.6 Å². The maximum absolute atomic E-state index is 6.07. The SMILES string of the molecule is CCCNCC1CCCCN1Cc1cccc(Cl)c1. The summed E-state index contributed by atoms with van der Waals surface area (Å²) >= 11 is 6.07. The summed E-state index contributed by atoms with van der Waals surface area (Å²) in [4.78, 5) is 2.61. The Morgan fingerprint density at radius 2 is 2.26 bits per heavy atom. The third kappa shape index (κ3) is 4.79. The molecule has 0 aromatic heterocycles. The molecule has 1 saturated heterocycles. The van der Waals surface area contributed by atoms with Gasteiger partial charge in [-0.1, -0.05) is 37.1 Å². The maximum atomic E-state index is 6.07. The molecule has 1 heterocycles. The van der Waals surface area contributed by atoms with Gasteiger partial charge in [-0.05, 0) is 50.0 Å². The molecule has 0 amide bonds. The number of hydrogen-bond acceptors (Lipinski definition) is 2. The summed E-state index contributed by atoms with van der Waals surface area (Å²) in [5.41, 5.74) is 1.33. The van der Waals surface area contributed by atoms with Crippen molar-refractivity contribution in [1.82, 2.24) is 10.2 Å². The molecule has 1 unspecified atom stereocenters. The number of hydrogen-bond donors (Lipinski definition) is 1. The van der Waals surface area contributed by atoms with Gasteiger partial charge in [-0.15, -0.1) is 0 Å². The van der Waals surface area contributed by atoms with Crippen molar-refractivity contribution in [2.75, 3.05) is 19.6 Å². The Bertz CT molecular complexity index is 381. The molecule has 3 heteroatoms. The first kappa shape index (κ1) is 14.8. The summed E-state index contributed by atoms with van der Waals surface area (Å²) in [7, 11) is 0.